The number of amides is 1. The first kappa shape index (κ1) is 43.0. The monoisotopic (exact) mass is 890 g/mol. The molecule has 13 nitrogen and oxygen atoms in total. The third kappa shape index (κ3) is 10.2. The molecule has 4 aromatic carbocycles. The first-order valence-electron chi connectivity index (χ1n) is 22.1. The average Bonchev–Trinajstić information content (AvgIpc) is 3.85. The predicted octanol–water partition coefficient (Wildman–Crippen LogP) is 8.91. The lowest BCUT2D eigenvalue weighted by Gasteiger charge is -2.36. The highest BCUT2D eigenvalue weighted by Crippen LogP contribution is 2.39. The number of hydrogen-bond acceptors (Lipinski definition) is 12. The lowest BCUT2D eigenvalue weighted by molar-refractivity contribution is -0.384. The Labute approximate surface area is 373 Å². The Bertz CT molecular complexity index is 2510. The van der Waals surface area contributed by atoms with Crippen LogP contribution in [0, 0.1) is 16.0 Å². The number of ether oxygens (including phenoxy) is 2. The summed E-state index contributed by atoms with van der Waals surface area (Å²) in [4.78, 5) is 35.0. The van der Waals surface area contributed by atoms with Crippen LogP contribution in [-0.4, -0.2) is 87.1 Å². The number of piperazine rings is 1. The van der Waals surface area contributed by atoms with E-state index < -0.39 is 31.4 Å². The van der Waals surface area contributed by atoms with E-state index in [1.807, 2.05) is 29.5 Å². The predicted molar refractivity (Wildman–Crippen MR) is 246 cm³/mol. The molecule has 63 heavy (non-hydrogen) atoms. The Kier molecular flexibility index (Phi) is 13.1. The molecule has 4 fully saturated rings. The Balaban J connectivity index is 0.848. The molecular formula is C48H54N6O7S2. The molecule has 0 saturated carbocycles. The van der Waals surface area contributed by atoms with Gasteiger partial charge in [0.25, 0.3) is 21.6 Å². The number of benzene rings is 4. The molecule has 5 aromatic rings. The number of piperidine rings is 1. The number of nitro groups is 1. The van der Waals surface area contributed by atoms with Crippen LogP contribution in [0.2, 0.25) is 0 Å². The number of nitro benzene ring substituents is 1. The second-order valence-electron chi connectivity index (χ2n) is 17.1. The van der Waals surface area contributed by atoms with Crippen molar-refractivity contribution in [2.75, 3.05) is 56.2 Å². The summed E-state index contributed by atoms with van der Waals surface area (Å²) in [7, 11) is -4.51. The first-order chi connectivity index (χ1) is 30.6. The quantitative estimate of drug-likeness (QED) is 0.0768. The number of anilines is 2. The van der Waals surface area contributed by atoms with Crippen molar-refractivity contribution >= 4 is 44.3 Å². The van der Waals surface area contributed by atoms with Crippen molar-refractivity contribution in [1.82, 2.24) is 14.5 Å². The number of nitrogens with one attached hydrogen (secondary N) is 2. The summed E-state index contributed by atoms with van der Waals surface area (Å²) in [6.07, 6.45) is 8.45. The van der Waals surface area contributed by atoms with E-state index in [0.717, 1.165) is 75.9 Å². The summed E-state index contributed by atoms with van der Waals surface area (Å²) >= 11 is 1.92. The highest BCUT2D eigenvalue weighted by molar-refractivity contribution is 7.90. The molecule has 330 valence electrons. The Morgan fingerprint density at radius 2 is 1.60 bits per heavy atom. The van der Waals surface area contributed by atoms with E-state index in [1.54, 1.807) is 30.3 Å². The zero-order valence-electron chi connectivity index (χ0n) is 35.3. The molecule has 4 saturated heterocycles. The number of carbonyl (C=O) groups is 1. The summed E-state index contributed by atoms with van der Waals surface area (Å²) in [6.45, 7) is 6.83. The molecule has 0 aliphatic carbocycles. The maximum atomic E-state index is 13.8. The number of para-hydroxylation sites is 1. The fourth-order valence-electron chi connectivity index (χ4n) is 9.54. The van der Waals surface area contributed by atoms with E-state index in [0.29, 0.717) is 25.5 Å². The van der Waals surface area contributed by atoms with Gasteiger partial charge in [0.1, 0.15) is 17.2 Å². The minimum Gasteiger partial charge on any atom is -0.456 e. The van der Waals surface area contributed by atoms with E-state index in [4.69, 9.17) is 9.47 Å². The molecule has 4 aliphatic rings. The Morgan fingerprint density at radius 3 is 2.37 bits per heavy atom. The van der Waals surface area contributed by atoms with Crippen LogP contribution in [0.3, 0.4) is 0 Å². The summed E-state index contributed by atoms with van der Waals surface area (Å²) in [6, 6.07) is 32.8. The third-order valence-electron chi connectivity index (χ3n) is 13.0. The fraction of sp³-hybridized carbons (Fsp3) is 0.396. The van der Waals surface area contributed by atoms with Gasteiger partial charge in [-0.15, -0.1) is 11.3 Å². The molecule has 4 aliphatic heterocycles. The van der Waals surface area contributed by atoms with E-state index in [9.17, 15) is 23.3 Å². The molecular weight excluding hydrogens is 837 g/mol. The largest absolute Gasteiger partial charge is 0.456 e. The fourth-order valence-corrected chi connectivity index (χ4v) is 11.5. The summed E-state index contributed by atoms with van der Waals surface area (Å²) in [5.41, 5.74) is 3.20. The van der Waals surface area contributed by atoms with Gasteiger partial charge in [0.05, 0.1) is 15.4 Å². The van der Waals surface area contributed by atoms with E-state index in [1.165, 1.54) is 65.1 Å². The van der Waals surface area contributed by atoms with E-state index in [2.05, 4.69) is 61.1 Å². The summed E-state index contributed by atoms with van der Waals surface area (Å²) in [5.74, 6) is 0.0273. The highest BCUT2D eigenvalue weighted by atomic mass is 32.2. The van der Waals surface area contributed by atoms with Crippen LogP contribution in [0.4, 0.5) is 17.1 Å². The molecule has 5 heterocycles. The van der Waals surface area contributed by atoms with Gasteiger partial charge in [0, 0.05) is 98.7 Å². The average molecular weight is 891 g/mol. The van der Waals surface area contributed by atoms with Gasteiger partial charge in [0.15, 0.2) is 0 Å². The second-order valence-corrected chi connectivity index (χ2v) is 20.0. The van der Waals surface area contributed by atoms with Gasteiger partial charge >= 0.3 is 0 Å². The molecule has 0 spiro atoms. The zero-order chi connectivity index (χ0) is 43.3. The molecule has 15 heteroatoms. The van der Waals surface area contributed by atoms with Crippen LogP contribution in [-0.2, 0) is 27.8 Å². The Morgan fingerprint density at radius 1 is 0.825 bits per heavy atom. The lowest BCUT2D eigenvalue weighted by Crippen LogP contribution is -2.46. The maximum Gasteiger partial charge on any atom is 0.293 e. The Hall–Kier alpha value is -5.32. The van der Waals surface area contributed by atoms with E-state index in [-0.39, 0.29) is 22.9 Å². The van der Waals surface area contributed by atoms with Crippen molar-refractivity contribution in [3.63, 3.8) is 0 Å². The maximum absolute atomic E-state index is 13.8. The molecule has 1 amide bonds. The molecule has 9 rings (SSSR count). The molecule has 0 radical (unpaired) electrons. The minimum atomic E-state index is -4.51. The third-order valence-corrected chi connectivity index (χ3v) is 15.5. The normalized spacial score (nSPS) is 19.8. The number of hydrogen-bond donors (Lipinski definition) is 2. The van der Waals surface area contributed by atoms with Gasteiger partial charge in [-0.3, -0.25) is 24.7 Å². The molecule has 2 bridgehead atoms. The molecule has 2 N–H and O–H groups in total. The van der Waals surface area contributed by atoms with Gasteiger partial charge in [-0.2, -0.15) is 0 Å². The van der Waals surface area contributed by atoms with Crippen LogP contribution >= 0.6 is 11.3 Å². The van der Waals surface area contributed by atoms with Crippen molar-refractivity contribution in [2.45, 2.75) is 75.0 Å². The van der Waals surface area contributed by atoms with E-state index >= 15 is 0 Å². The van der Waals surface area contributed by atoms with Gasteiger partial charge in [-0.05, 0) is 110 Å². The van der Waals surface area contributed by atoms with Gasteiger partial charge in [-0.1, -0.05) is 42.8 Å². The number of nitrogens with zero attached hydrogens (tertiary/aromatic N) is 4. The standard InChI is InChI=1S/C48H54N6O7S2/c55-48(50-63(58,59)42-16-18-44(45(30-42)54(56)57)49-31-34-20-26-60-27-21-34)43-17-14-39(29-46(43)61-40-10-2-1-3-11-40)52-24-22-51(23-25-52)32-35-6-4-7-36(28-35)47-19-15-41(62-47)33-53-37-8-5-9-38(53)13-12-37/h1-4,6-7,10-11,14-19,28-30,34,37-38,49H,5,8-9,12-13,20-27,31-33H2,(H,50,55). The highest BCUT2D eigenvalue weighted by Gasteiger charge is 2.36. The van der Waals surface area contributed by atoms with Crippen molar-refractivity contribution in [2.24, 2.45) is 5.92 Å². The van der Waals surface area contributed by atoms with Gasteiger partial charge in [0.2, 0.25) is 0 Å². The van der Waals surface area contributed by atoms with Crippen molar-refractivity contribution in [1.29, 1.82) is 0 Å². The summed E-state index contributed by atoms with van der Waals surface area (Å²) in [5, 5.41) is 15.1. The number of sulfonamides is 1. The van der Waals surface area contributed by atoms with Gasteiger partial charge in [-0.25, -0.2) is 13.1 Å². The topological polar surface area (TPSA) is 147 Å². The zero-order valence-corrected chi connectivity index (χ0v) is 37.0. The lowest BCUT2D eigenvalue weighted by atomic mass is 10.0. The van der Waals surface area contributed by atoms with Crippen LogP contribution in [0.15, 0.2) is 108 Å². The van der Waals surface area contributed by atoms with Gasteiger partial charge < -0.3 is 19.7 Å². The van der Waals surface area contributed by atoms with Crippen LogP contribution < -0.4 is 19.7 Å². The smallest absolute Gasteiger partial charge is 0.293 e. The first-order valence-corrected chi connectivity index (χ1v) is 24.4. The summed E-state index contributed by atoms with van der Waals surface area (Å²) < 4.78 is 40.9. The SMILES string of the molecule is O=C(NS(=O)(=O)c1ccc(NCC2CCOCC2)c([N+](=O)[O-])c1)c1ccc(N2CCN(Cc3cccc(-c4ccc(CN5C6CCCC5CC6)s4)c3)CC2)cc1Oc1ccccc1. The molecule has 1 aromatic heterocycles. The number of fused-ring (bicyclic) bond motifs is 2. The number of thiophene rings is 1. The molecule has 2 atom stereocenters. The number of carbonyl (C=O) groups excluding carboxylic acids is 1. The van der Waals surface area contributed by atoms with Crippen molar-refractivity contribution in [3.05, 3.63) is 129 Å². The van der Waals surface area contributed by atoms with Crippen LogP contribution in [0.1, 0.15) is 65.7 Å². The second kappa shape index (κ2) is 19.2. The number of rotatable bonds is 15. The minimum absolute atomic E-state index is 0.00501. The van der Waals surface area contributed by atoms with Crippen LogP contribution in [0.25, 0.3) is 10.4 Å². The van der Waals surface area contributed by atoms with Crippen molar-refractivity contribution in [3.8, 4) is 21.9 Å². The van der Waals surface area contributed by atoms with Crippen molar-refractivity contribution < 1.29 is 27.6 Å². The molecule has 2 unspecified atom stereocenters. The van der Waals surface area contributed by atoms with Crippen LogP contribution in [0.5, 0.6) is 11.5 Å².